The van der Waals surface area contributed by atoms with Gasteiger partial charge in [0.2, 0.25) is 11.8 Å². The third-order valence-corrected chi connectivity index (χ3v) is 18.1. The van der Waals surface area contributed by atoms with Crippen LogP contribution in [0.5, 0.6) is 0 Å². The minimum Gasteiger partial charge on any atom is -0.397 e. The first-order chi connectivity index (χ1) is 50.3. The number of amidine groups is 1. The Hall–Kier alpha value is -10.3. The number of carbonyl (C=O) groups is 4. The molecule has 11 heterocycles. The molecule has 6 aromatic heterocycles. The monoisotopic (exact) mass is 1460 g/mol. The number of fused-ring (bicyclic) bond motifs is 3. The lowest BCUT2D eigenvalue weighted by Crippen LogP contribution is -2.54. The average molecular weight is 1460 g/mol. The third kappa shape index (κ3) is 16.8. The van der Waals surface area contributed by atoms with Crippen LogP contribution in [0.2, 0.25) is 0 Å². The summed E-state index contributed by atoms with van der Waals surface area (Å²) in [7, 11) is 0. The van der Waals surface area contributed by atoms with Crippen LogP contribution < -0.4 is 55.7 Å². The summed E-state index contributed by atoms with van der Waals surface area (Å²) in [6, 6.07) is 13.8. The fourth-order valence-corrected chi connectivity index (χ4v) is 12.3. The highest BCUT2D eigenvalue weighted by atomic mass is 19.1. The number of aromatic nitrogens is 9. The zero-order chi connectivity index (χ0) is 75.7. The van der Waals surface area contributed by atoms with Crippen molar-refractivity contribution in [2.75, 3.05) is 43.6 Å². The summed E-state index contributed by atoms with van der Waals surface area (Å²) >= 11 is 0. The molecule has 2 aromatic carbocycles. The molecule has 4 fully saturated rings. The minimum absolute atomic E-state index is 0.0670. The van der Waals surface area contributed by atoms with E-state index in [1.807, 2.05) is 20.8 Å². The van der Waals surface area contributed by atoms with E-state index in [-0.39, 0.29) is 49.0 Å². The van der Waals surface area contributed by atoms with Crippen LogP contribution in [0.25, 0.3) is 33.5 Å². The van der Waals surface area contributed by atoms with Gasteiger partial charge in [0.05, 0.1) is 98.7 Å². The first kappa shape index (κ1) is 77.3. The molecule has 0 spiro atoms. The van der Waals surface area contributed by atoms with Gasteiger partial charge in [0.15, 0.2) is 41.9 Å². The van der Waals surface area contributed by atoms with Gasteiger partial charge in [0.1, 0.15) is 82.9 Å². The first-order valence-corrected chi connectivity index (χ1v) is 33.4. The number of benzene rings is 2. The number of carbonyl (C=O) groups excluding carboxylic acids is 4. The molecular formula is C67H86FN21O16. The van der Waals surface area contributed by atoms with Crippen molar-refractivity contribution < 1.29 is 83.4 Å². The number of aliphatic hydroxyl groups is 8. The van der Waals surface area contributed by atoms with E-state index in [0.29, 0.717) is 68.4 Å². The zero-order valence-corrected chi connectivity index (χ0v) is 57.1. The van der Waals surface area contributed by atoms with Crippen LogP contribution in [0.3, 0.4) is 0 Å². The highest BCUT2D eigenvalue weighted by Crippen LogP contribution is 2.36. The molecule has 5 aliphatic rings. The number of ether oxygens (including phenoxy) is 4. The predicted octanol–water partition coefficient (Wildman–Crippen LogP) is -2.67. The number of hydrogen-bond acceptors (Lipinski definition) is 30. The van der Waals surface area contributed by atoms with Crippen molar-refractivity contribution in [1.29, 1.82) is 0 Å². The average Bonchev–Trinajstić information content (AvgIpc) is 1.64. The van der Waals surface area contributed by atoms with Crippen molar-refractivity contribution in [2.24, 2.45) is 28.1 Å². The number of nitrogens with zero attached hydrogens (tertiary/aromatic N) is 11. The predicted molar refractivity (Wildman–Crippen MR) is 375 cm³/mol. The Morgan fingerprint density at radius 2 is 0.905 bits per heavy atom. The van der Waals surface area contributed by atoms with Gasteiger partial charge in [-0.05, 0) is 73.0 Å². The summed E-state index contributed by atoms with van der Waals surface area (Å²) in [5.41, 5.74) is 39.6. The molecule has 0 bridgehead atoms. The number of nitrogen functional groups attached to an aromatic ring is 3. The molecule has 0 saturated carbocycles. The number of aliphatic hydroxyl groups excluding tert-OH is 8. The summed E-state index contributed by atoms with van der Waals surface area (Å²) in [6.45, 7) is 7.80. The van der Waals surface area contributed by atoms with Crippen molar-refractivity contribution in [3.63, 3.8) is 0 Å². The number of amides is 4. The van der Waals surface area contributed by atoms with Crippen LogP contribution in [-0.2, 0) is 28.5 Å². The second-order valence-electron chi connectivity index (χ2n) is 25.4. The molecule has 18 atom stereocenters. The molecule has 8 aromatic rings. The Labute approximate surface area is 598 Å². The molecule has 0 aliphatic carbocycles. The summed E-state index contributed by atoms with van der Waals surface area (Å²) < 4.78 is 40.6. The molecule has 37 nitrogen and oxygen atoms in total. The second-order valence-corrected chi connectivity index (χ2v) is 25.4. The van der Waals surface area contributed by atoms with Crippen molar-refractivity contribution in [3.05, 3.63) is 152 Å². The molecule has 6 unspecified atom stereocenters. The van der Waals surface area contributed by atoms with Crippen molar-refractivity contribution in [2.45, 2.75) is 144 Å². The van der Waals surface area contributed by atoms with Crippen molar-refractivity contribution in [1.82, 2.24) is 69.8 Å². The van der Waals surface area contributed by atoms with Gasteiger partial charge in [-0.25, -0.2) is 39.3 Å². The van der Waals surface area contributed by atoms with Gasteiger partial charge < -0.3 is 120 Å². The van der Waals surface area contributed by atoms with Crippen LogP contribution in [-0.4, -0.2) is 237 Å². The van der Waals surface area contributed by atoms with Gasteiger partial charge >= 0.3 is 0 Å². The van der Waals surface area contributed by atoms with Crippen molar-refractivity contribution >= 4 is 80.0 Å². The van der Waals surface area contributed by atoms with Crippen LogP contribution in [0, 0.1) is 11.7 Å². The van der Waals surface area contributed by atoms with Gasteiger partial charge in [0.25, 0.3) is 11.8 Å². The second kappa shape index (κ2) is 34.1. The van der Waals surface area contributed by atoms with Crippen LogP contribution in [0.1, 0.15) is 73.0 Å². The maximum atomic E-state index is 13.0. The number of imidazole rings is 3. The smallest absolute Gasteiger partial charge is 0.251 e. The van der Waals surface area contributed by atoms with Gasteiger partial charge in [-0.2, -0.15) is 0 Å². The van der Waals surface area contributed by atoms with E-state index >= 15 is 0 Å². The van der Waals surface area contributed by atoms with E-state index < -0.39 is 134 Å². The Morgan fingerprint density at radius 3 is 1.29 bits per heavy atom. The summed E-state index contributed by atoms with van der Waals surface area (Å²) in [5, 5.41) is 92.0. The number of nitrogens with one attached hydrogen (secondary N) is 4. The number of rotatable bonds is 19. The molecule has 5 aliphatic heterocycles. The molecule has 38 heteroatoms. The van der Waals surface area contributed by atoms with E-state index in [4.69, 9.17) is 53.3 Å². The van der Waals surface area contributed by atoms with Crippen molar-refractivity contribution in [3.8, 4) is 0 Å². The molecule has 13 rings (SSSR count). The summed E-state index contributed by atoms with van der Waals surface area (Å²) in [5.74, 6) is -1.63. The zero-order valence-electron chi connectivity index (χ0n) is 57.1. The van der Waals surface area contributed by atoms with Crippen LogP contribution in [0.15, 0.2) is 140 Å². The highest BCUT2D eigenvalue weighted by molar-refractivity contribution is 5.95. The minimum atomic E-state index is -1.19. The standard InChI is InChI=1S/C18H18FN5O4.C18H19N5O4.C16H24N6O4.C15H25N5O4/c19-10-3-1-9(2-4-10)17(27)23-14-12(7-25)28-18(15(14)26)24-8-22-13-11(20)5-6-21-16(13)24;19-11-6-7-20-16-13(11)21-9-23(16)18-15(25)14(12(8-24)27-18)22-17(26)10-4-2-1-3-5-10;1-7(2)10(18)15(25)21-12-9(5-23)26-16(13(12)24)22-6-20-11-8(17)3-4-19-14(11)22;1-3-4-9(16)14(23)19-12-10(7-21)24-15(13(12)22)20-6-5-11(17)18-8(20)2/h1-6,8,12,14-15,18,25-26H,7H2,(H2,20,21)(H,23,27);1-7,9,12,14-15,18,24-25H,8H2,(H2,19,20)(H,22,26);3-4,6-7,9-10,12-13,16,23-24H,5,18H2,1-2H3,(H2,17,19)(H,21,25);5-6,9-10,12-13,15,21-22H,2-4,7,16H2,1H3,(H2,17,18)(H,19,23)/t2*12-,14?,15+,18-;9-,10?,12?,13+,16-;9?,10-,12?,13+,15-/m1111/s1. The van der Waals surface area contributed by atoms with E-state index in [9.17, 15) is 64.4 Å². The van der Waals surface area contributed by atoms with Gasteiger partial charge in [-0.1, -0.05) is 52.0 Å². The van der Waals surface area contributed by atoms with Crippen LogP contribution in [0.4, 0.5) is 21.5 Å². The molecular weight excluding hydrogens is 1370 g/mol. The maximum absolute atomic E-state index is 13.0. The first-order valence-electron chi connectivity index (χ1n) is 33.4. The largest absolute Gasteiger partial charge is 0.397 e. The molecule has 562 valence electrons. The molecule has 0 radical (unpaired) electrons. The lowest BCUT2D eigenvalue weighted by Gasteiger charge is -2.30. The van der Waals surface area contributed by atoms with E-state index in [1.165, 1.54) is 63.7 Å². The summed E-state index contributed by atoms with van der Waals surface area (Å²) in [6.07, 6.45) is 2.07. The van der Waals surface area contributed by atoms with E-state index in [0.717, 1.165) is 18.6 Å². The Kier molecular flexibility index (Phi) is 25.1. The fraction of sp³-hybridized carbons (Fsp3) is 0.418. The number of anilines is 3. The number of nitrogens with two attached hydrogens (primary N) is 6. The number of halogens is 1. The van der Waals surface area contributed by atoms with E-state index in [2.05, 4.69) is 62.7 Å². The lowest BCUT2D eigenvalue weighted by molar-refractivity contribution is -0.125. The maximum Gasteiger partial charge on any atom is 0.251 e. The quantitative estimate of drug-likeness (QED) is 0.0393. The third-order valence-electron chi connectivity index (χ3n) is 18.1. The Morgan fingerprint density at radius 1 is 0.533 bits per heavy atom. The van der Waals surface area contributed by atoms with Gasteiger partial charge in [-0.15, -0.1) is 0 Å². The Balaban J connectivity index is 0.000000150. The molecule has 24 N–H and O–H groups in total. The summed E-state index contributed by atoms with van der Waals surface area (Å²) in [4.78, 5) is 80.1. The molecule has 4 saturated heterocycles. The molecule has 105 heavy (non-hydrogen) atoms. The SMILES string of the molecule is C=C1N=C(N)C=CN1[C@@H]1O[C@H](CO)C(NC(=O)C(N)CCC)[C@@H]1O.CC(C)C(N)C(=O)NC1[C@@H](CO)O[C@@H](n2cnc3c(N)ccnc32)[C@H]1O.Nc1ccnc2c1ncn2[C@@H]1O[C@H](CO)C(NC(=O)c2ccc(F)cc2)[C@@H]1O.Nc1ccnc2c1ncn2[C@@H]1O[C@H](CO)C(NC(=O)c2ccccc2)[C@@H]1O. The number of aliphatic imine (C=N–C) groups is 1. The highest BCUT2D eigenvalue weighted by Gasteiger charge is 2.50. The normalized spacial score (nSPS) is 26.8. The Bertz CT molecular complexity index is 4400. The lowest BCUT2D eigenvalue weighted by atomic mass is 10.0. The van der Waals surface area contributed by atoms with Crippen LogP contribution >= 0.6 is 0 Å². The molecule has 4 amide bonds. The topological polar surface area (TPSA) is 579 Å². The fourth-order valence-electron chi connectivity index (χ4n) is 12.3. The van der Waals surface area contributed by atoms with E-state index in [1.54, 1.807) is 65.4 Å². The number of pyridine rings is 3. The van der Waals surface area contributed by atoms with Gasteiger partial charge in [-0.3, -0.25) is 32.9 Å². The van der Waals surface area contributed by atoms with Gasteiger partial charge in [0, 0.05) is 35.9 Å². The number of hydrogen-bond donors (Lipinski definition) is 18.